The number of carbonyl (C=O) groups is 3. The SMILES string of the molecule is C=C(C(=O)OC)C1Oc2ccc(C(C)OC(=O)C(C)=CC)cc2C1OC(C)=O. The van der Waals surface area contributed by atoms with E-state index in [-0.39, 0.29) is 5.57 Å². The molecule has 0 bridgehead atoms. The lowest BCUT2D eigenvalue weighted by Gasteiger charge is -2.20. The summed E-state index contributed by atoms with van der Waals surface area (Å²) in [5.41, 5.74) is 1.80. The Morgan fingerprint density at radius 3 is 2.46 bits per heavy atom. The molecule has 3 unspecified atom stereocenters. The molecule has 1 aromatic rings. The second kappa shape index (κ2) is 8.73. The van der Waals surface area contributed by atoms with E-state index in [1.807, 2.05) is 0 Å². The Morgan fingerprint density at radius 1 is 1.21 bits per heavy atom. The number of benzene rings is 1. The van der Waals surface area contributed by atoms with Crippen molar-refractivity contribution in [1.29, 1.82) is 0 Å². The second-order valence-corrected chi connectivity index (χ2v) is 6.40. The van der Waals surface area contributed by atoms with Crippen molar-refractivity contribution in [3.05, 3.63) is 53.1 Å². The number of fused-ring (bicyclic) bond motifs is 1. The van der Waals surface area contributed by atoms with Crippen LogP contribution in [0.3, 0.4) is 0 Å². The van der Waals surface area contributed by atoms with Gasteiger partial charge in [-0.3, -0.25) is 4.79 Å². The molecule has 28 heavy (non-hydrogen) atoms. The predicted molar refractivity (Wildman–Crippen MR) is 100 cm³/mol. The molecule has 150 valence electrons. The Labute approximate surface area is 163 Å². The van der Waals surface area contributed by atoms with Crippen molar-refractivity contribution in [2.45, 2.75) is 46.0 Å². The van der Waals surface area contributed by atoms with Gasteiger partial charge in [-0.2, -0.15) is 0 Å². The van der Waals surface area contributed by atoms with Crippen molar-refractivity contribution in [2.75, 3.05) is 7.11 Å². The van der Waals surface area contributed by atoms with Crippen LogP contribution in [0.2, 0.25) is 0 Å². The number of esters is 3. The van der Waals surface area contributed by atoms with Crippen LogP contribution < -0.4 is 4.74 Å². The summed E-state index contributed by atoms with van der Waals surface area (Å²) in [6.45, 7) is 10.1. The molecule has 7 heteroatoms. The minimum absolute atomic E-state index is 0.0367. The number of hydrogen-bond acceptors (Lipinski definition) is 7. The number of ether oxygens (including phenoxy) is 4. The number of methoxy groups -OCH3 is 1. The largest absolute Gasteiger partial charge is 0.481 e. The monoisotopic (exact) mass is 388 g/mol. The summed E-state index contributed by atoms with van der Waals surface area (Å²) >= 11 is 0. The van der Waals surface area contributed by atoms with E-state index in [2.05, 4.69) is 6.58 Å². The number of carbonyl (C=O) groups excluding carboxylic acids is 3. The van der Waals surface area contributed by atoms with Gasteiger partial charge in [-0.1, -0.05) is 18.7 Å². The maximum atomic E-state index is 12.0. The topological polar surface area (TPSA) is 88.1 Å². The molecule has 0 aromatic heterocycles. The first-order chi connectivity index (χ1) is 13.2. The first-order valence-electron chi connectivity index (χ1n) is 8.78. The van der Waals surface area contributed by atoms with E-state index < -0.39 is 36.2 Å². The number of allylic oxidation sites excluding steroid dienone is 1. The Bertz CT molecular complexity index is 837. The molecule has 1 aliphatic heterocycles. The van der Waals surface area contributed by atoms with Crippen molar-refractivity contribution >= 4 is 17.9 Å². The van der Waals surface area contributed by atoms with Crippen LogP contribution in [0.25, 0.3) is 0 Å². The Balaban J connectivity index is 2.33. The summed E-state index contributed by atoms with van der Waals surface area (Å²) in [7, 11) is 1.23. The number of rotatable bonds is 6. The van der Waals surface area contributed by atoms with Gasteiger partial charge in [0.05, 0.1) is 12.7 Å². The Kier molecular flexibility index (Phi) is 6.62. The van der Waals surface area contributed by atoms with Crippen LogP contribution in [0.4, 0.5) is 0 Å². The summed E-state index contributed by atoms with van der Waals surface area (Å²) in [4.78, 5) is 35.5. The minimum atomic E-state index is -0.898. The minimum Gasteiger partial charge on any atom is -0.481 e. The van der Waals surface area contributed by atoms with Gasteiger partial charge in [-0.25, -0.2) is 9.59 Å². The molecule has 0 N–H and O–H groups in total. The highest BCUT2D eigenvalue weighted by atomic mass is 16.6. The van der Waals surface area contributed by atoms with Crippen LogP contribution in [0.15, 0.2) is 42.0 Å². The molecule has 0 aliphatic carbocycles. The van der Waals surface area contributed by atoms with Crippen LogP contribution >= 0.6 is 0 Å². The maximum absolute atomic E-state index is 12.0. The lowest BCUT2D eigenvalue weighted by atomic mass is 9.98. The molecule has 0 amide bonds. The average molecular weight is 388 g/mol. The van der Waals surface area contributed by atoms with E-state index in [9.17, 15) is 14.4 Å². The molecule has 1 heterocycles. The molecule has 0 radical (unpaired) electrons. The zero-order valence-corrected chi connectivity index (χ0v) is 16.6. The van der Waals surface area contributed by atoms with Crippen molar-refractivity contribution in [3.63, 3.8) is 0 Å². The van der Waals surface area contributed by atoms with E-state index in [0.29, 0.717) is 22.4 Å². The Morgan fingerprint density at radius 2 is 1.89 bits per heavy atom. The molecular formula is C21H24O7. The molecule has 2 rings (SSSR count). The van der Waals surface area contributed by atoms with E-state index in [4.69, 9.17) is 18.9 Å². The van der Waals surface area contributed by atoms with Gasteiger partial charge in [0.25, 0.3) is 0 Å². The van der Waals surface area contributed by atoms with Crippen LogP contribution in [0.5, 0.6) is 5.75 Å². The second-order valence-electron chi connectivity index (χ2n) is 6.40. The smallest absolute Gasteiger partial charge is 0.337 e. The van der Waals surface area contributed by atoms with Gasteiger partial charge >= 0.3 is 17.9 Å². The molecule has 0 spiro atoms. The first kappa shape index (κ1) is 21.2. The summed E-state index contributed by atoms with van der Waals surface area (Å²) in [5, 5.41) is 0. The highest BCUT2D eigenvalue weighted by Gasteiger charge is 2.41. The standard InChI is InChI=1S/C21H24O7/c1-7-11(2)20(23)26-13(4)15-8-9-17-16(10-15)19(27-14(5)22)18(28-17)12(3)21(24)25-6/h7-10,13,18-19H,3H2,1-2,4-6H3. The third-order valence-corrected chi connectivity index (χ3v) is 4.46. The summed E-state index contributed by atoms with van der Waals surface area (Å²) in [5.74, 6) is -1.15. The maximum Gasteiger partial charge on any atom is 0.337 e. The molecule has 0 fully saturated rings. The van der Waals surface area contributed by atoms with Crippen LogP contribution in [-0.2, 0) is 28.6 Å². The highest BCUT2D eigenvalue weighted by molar-refractivity contribution is 5.89. The van der Waals surface area contributed by atoms with E-state index in [1.165, 1.54) is 14.0 Å². The fourth-order valence-corrected chi connectivity index (χ4v) is 2.76. The van der Waals surface area contributed by atoms with Crippen molar-refractivity contribution in [2.24, 2.45) is 0 Å². The van der Waals surface area contributed by atoms with Crippen molar-refractivity contribution < 1.29 is 33.3 Å². The van der Waals surface area contributed by atoms with Gasteiger partial charge in [-0.15, -0.1) is 0 Å². The molecule has 7 nitrogen and oxygen atoms in total. The Hall–Kier alpha value is -3.09. The third-order valence-electron chi connectivity index (χ3n) is 4.46. The summed E-state index contributed by atoms with van der Waals surface area (Å²) in [6.07, 6.45) is -0.622. The molecule has 0 saturated carbocycles. The normalized spacial score (nSPS) is 19.1. The molecule has 1 aromatic carbocycles. The predicted octanol–water partition coefficient (Wildman–Crippen LogP) is 3.35. The zero-order valence-electron chi connectivity index (χ0n) is 16.6. The van der Waals surface area contributed by atoms with E-state index in [1.54, 1.807) is 45.0 Å². The van der Waals surface area contributed by atoms with Gasteiger partial charge < -0.3 is 18.9 Å². The van der Waals surface area contributed by atoms with Crippen LogP contribution in [-0.4, -0.2) is 31.1 Å². The molecule has 1 aliphatic rings. The van der Waals surface area contributed by atoms with Gasteiger partial charge in [0.15, 0.2) is 12.2 Å². The fourth-order valence-electron chi connectivity index (χ4n) is 2.76. The zero-order chi connectivity index (χ0) is 21.0. The summed E-state index contributed by atoms with van der Waals surface area (Å²) in [6, 6.07) is 5.16. The van der Waals surface area contributed by atoms with E-state index >= 15 is 0 Å². The quantitative estimate of drug-likeness (QED) is 0.419. The first-order valence-corrected chi connectivity index (χ1v) is 8.78. The molecule has 0 saturated heterocycles. The third kappa shape index (κ3) is 4.42. The average Bonchev–Trinajstić information content (AvgIpc) is 3.02. The van der Waals surface area contributed by atoms with Gasteiger partial charge in [0, 0.05) is 18.1 Å². The van der Waals surface area contributed by atoms with Crippen molar-refractivity contribution in [3.8, 4) is 5.75 Å². The number of hydrogen-bond donors (Lipinski definition) is 0. The van der Waals surface area contributed by atoms with Crippen LogP contribution in [0.1, 0.15) is 51.0 Å². The lowest BCUT2D eigenvalue weighted by Crippen LogP contribution is -2.28. The van der Waals surface area contributed by atoms with Crippen LogP contribution in [0, 0.1) is 0 Å². The van der Waals surface area contributed by atoms with Gasteiger partial charge in [0.1, 0.15) is 11.9 Å². The van der Waals surface area contributed by atoms with Gasteiger partial charge in [-0.05, 0) is 38.5 Å². The summed E-state index contributed by atoms with van der Waals surface area (Å²) < 4.78 is 21.3. The molecule has 3 atom stereocenters. The van der Waals surface area contributed by atoms with E-state index in [0.717, 1.165) is 0 Å². The fraction of sp³-hybridized carbons (Fsp3) is 0.381. The highest BCUT2D eigenvalue weighted by Crippen LogP contribution is 2.43. The van der Waals surface area contributed by atoms with Crippen molar-refractivity contribution in [1.82, 2.24) is 0 Å². The lowest BCUT2D eigenvalue weighted by molar-refractivity contribution is -0.150. The molecular weight excluding hydrogens is 364 g/mol. The van der Waals surface area contributed by atoms with Gasteiger partial charge in [0.2, 0.25) is 0 Å².